The highest BCUT2D eigenvalue weighted by molar-refractivity contribution is 5.84. The zero-order valence-corrected chi connectivity index (χ0v) is 19.9. The molecule has 0 bridgehead atoms. The minimum atomic E-state index is 0.475. The number of aryl methyl sites for hydroxylation is 1. The molecule has 5 rings (SSSR count). The second kappa shape index (κ2) is 10.1. The maximum Gasteiger partial charge on any atom is 0.175 e. The first-order chi connectivity index (χ1) is 15.7. The predicted molar refractivity (Wildman–Crippen MR) is 126 cm³/mol. The summed E-state index contributed by atoms with van der Waals surface area (Å²) in [5.74, 6) is 2.48. The Morgan fingerprint density at radius 3 is 2.66 bits per heavy atom. The van der Waals surface area contributed by atoms with Crippen LogP contribution >= 0.6 is 0 Å². The molecule has 1 unspecified atom stereocenters. The third-order valence-corrected chi connectivity index (χ3v) is 7.40. The molecule has 0 amide bonds. The van der Waals surface area contributed by atoms with Crippen molar-refractivity contribution in [2.75, 3.05) is 46.9 Å². The lowest BCUT2D eigenvalue weighted by molar-refractivity contribution is 0.0591. The Morgan fingerprint density at radius 1 is 1.09 bits per heavy atom. The Hall–Kier alpha value is -1.63. The monoisotopic (exact) mass is 441 g/mol. The molecule has 3 aliphatic rings. The number of benzene rings is 1. The Morgan fingerprint density at radius 2 is 1.94 bits per heavy atom. The fourth-order valence-electron chi connectivity index (χ4n) is 5.24. The zero-order chi connectivity index (χ0) is 21.9. The number of ether oxygens (including phenoxy) is 2. The van der Waals surface area contributed by atoms with Crippen molar-refractivity contribution in [3.05, 3.63) is 23.4 Å². The van der Waals surface area contributed by atoms with Gasteiger partial charge in [-0.3, -0.25) is 0 Å². The lowest BCUT2D eigenvalue weighted by atomic mass is 9.91. The van der Waals surface area contributed by atoms with Crippen molar-refractivity contribution in [1.82, 2.24) is 15.0 Å². The summed E-state index contributed by atoms with van der Waals surface area (Å²) in [6, 6.07) is 4.29. The number of rotatable bonds is 10. The summed E-state index contributed by atoms with van der Waals surface area (Å²) in [4.78, 5) is 4.78. The first-order valence-electron chi connectivity index (χ1n) is 12.7. The van der Waals surface area contributed by atoms with Gasteiger partial charge in [-0.05, 0) is 103 Å². The first kappa shape index (κ1) is 22.2. The van der Waals surface area contributed by atoms with Gasteiger partial charge in [0.25, 0.3) is 0 Å². The first-order valence-corrected chi connectivity index (χ1v) is 12.7. The van der Waals surface area contributed by atoms with Crippen molar-refractivity contribution in [2.45, 2.75) is 64.0 Å². The number of piperidine rings is 1. The fourth-order valence-corrected chi connectivity index (χ4v) is 5.24. The van der Waals surface area contributed by atoms with Gasteiger partial charge in [0.15, 0.2) is 5.58 Å². The van der Waals surface area contributed by atoms with E-state index in [-0.39, 0.29) is 0 Å². The average molecular weight is 442 g/mol. The van der Waals surface area contributed by atoms with Crippen LogP contribution in [0.15, 0.2) is 16.7 Å². The molecule has 0 radical (unpaired) electrons. The van der Waals surface area contributed by atoms with Gasteiger partial charge in [0.2, 0.25) is 0 Å². The SMILES string of the molecule is CN(C)Cc1c(OCC2CC2)ccc2c(CCC3CCN(CC4CCCO4)CC3)noc12. The lowest BCUT2D eigenvalue weighted by Crippen LogP contribution is -2.38. The Kier molecular flexibility index (Phi) is 7.00. The molecule has 1 saturated carbocycles. The van der Waals surface area contributed by atoms with E-state index < -0.39 is 0 Å². The summed E-state index contributed by atoms with van der Waals surface area (Å²) in [6.45, 7) is 6.11. The van der Waals surface area contributed by atoms with E-state index in [1.807, 2.05) is 0 Å². The molecule has 6 nitrogen and oxygen atoms in total. The van der Waals surface area contributed by atoms with Crippen LogP contribution in [0.5, 0.6) is 5.75 Å². The van der Waals surface area contributed by atoms with E-state index in [9.17, 15) is 0 Å². The van der Waals surface area contributed by atoms with Crippen LogP contribution in [0.1, 0.15) is 56.2 Å². The number of aromatic nitrogens is 1. The Labute approximate surface area is 192 Å². The second-order valence-corrected chi connectivity index (χ2v) is 10.5. The Balaban J connectivity index is 1.19. The molecule has 32 heavy (non-hydrogen) atoms. The molecular weight excluding hydrogens is 402 g/mol. The van der Waals surface area contributed by atoms with Gasteiger partial charge >= 0.3 is 0 Å². The van der Waals surface area contributed by atoms with E-state index >= 15 is 0 Å². The van der Waals surface area contributed by atoms with Crippen molar-refractivity contribution >= 4 is 11.0 Å². The van der Waals surface area contributed by atoms with Gasteiger partial charge in [-0.2, -0.15) is 0 Å². The van der Waals surface area contributed by atoms with E-state index in [0.29, 0.717) is 6.10 Å². The van der Waals surface area contributed by atoms with Crippen LogP contribution in [0.25, 0.3) is 11.0 Å². The maximum absolute atomic E-state index is 6.16. The molecule has 2 aliphatic heterocycles. The summed E-state index contributed by atoms with van der Waals surface area (Å²) in [7, 11) is 4.18. The molecule has 176 valence electrons. The van der Waals surface area contributed by atoms with Crippen LogP contribution in [-0.4, -0.2) is 68.0 Å². The number of hydrogen-bond donors (Lipinski definition) is 0. The van der Waals surface area contributed by atoms with Crippen LogP contribution in [0.3, 0.4) is 0 Å². The quantitative estimate of drug-likeness (QED) is 0.541. The van der Waals surface area contributed by atoms with Crippen molar-refractivity contribution in [2.24, 2.45) is 11.8 Å². The molecule has 1 aromatic heterocycles. The topological polar surface area (TPSA) is 51.0 Å². The zero-order valence-electron chi connectivity index (χ0n) is 19.9. The van der Waals surface area contributed by atoms with Gasteiger partial charge < -0.3 is 23.8 Å². The number of nitrogens with zero attached hydrogens (tertiary/aromatic N) is 3. The van der Waals surface area contributed by atoms with Crippen LogP contribution < -0.4 is 4.74 Å². The van der Waals surface area contributed by atoms with Crippen molar-refractivity contribution in [1.29, 1.82) is 0 Å². The smallest absolute Gasteiger partial charge is 0.175 e. The molecular formula is C26H39N3O3. The van der Waals surface area contributed by atoms with Gasteiger partial charge in [0.05, 0.1) is 24.0 Å². The number of hydrogen-bond acceptors (Lipinski definition) is 6. The van der Waals surface area contributed by atoms with E-state index in [0.717, 1.165) is 72.5 Å². The van der Waals surface area contributed by atoms with Crippen molar-refractivity contribution in [3.8, 4) is 5.75 Å². The van der Waals surface area contributed by atoms with E-state index in [4.69, 9.17) is 14.0 Å². The van der Waals surface area contributed by atoms with E-state index in [1.54, 1.807) is 0 Å². The predicted octanol–water partition coefficient (Wildman–Crippen LogP) is 4.50. The molecule has 6 heteroatoms. The summed E-state index contributed by atoms with van der Waals surface area (Å²) >= 11 is 0. The molecule has 1 aliphatic carbocycles. The number of likely N-dealkylation sites (tertiary alicyclic amines) is 1. The summed E-state index contributed by atoms with van der Waals surface area (Å²) in [5.41, 5.74) is 3.15. The molecule has 3 heterocycles. The van der Waals surface area contributed by atoms with Gasteiger partial charge in [0, 0.05) is 25.1 Å². The second-order valence-electron chi connectivity index (χ2n) is 10.5. The molecule has 1 aromatic carbocycles. The van der Waals surface area contributed by atoms with Crippen LogP contribution in [0.2, 0.25) is 0 Å². The molecule has 3 fully saturated rings. The highest BCUT2D eigenvalue weighted by atomic mass is 16.5. The maximum atomic E-state index is 6.16. The molecule has 2 saturated heterocycles. The average Bonchev–Trinajstić information content (AvgIpc) is 3.30. The van der Waals surface area contributed by atoms with Gasteiger partial charge in [-0.1, -0.05) is 5.16 Å². The summed E-state index contributed by atoms with van der Waals surface area (Å²) < 4.78 is 17.9. The van der Waals surface area contributed by atoms with Crippen LogP contribution in [0.4, 0.5) is 0 Å². The minimum Gasteiger partial charge on any atom is -0.493 e. The molecule has 2 aromatic rings. The third-order valence-electron chi connectivity index (χ3n) is 7.40. The third kappa shape index (κ3) is 5.46. The fraction of sp³-hybridized carbons (Fsp3) is 0.731. The lowest BCUT2D eigenvalue weighted by Gasteiger charge is -2.33. The molecule has 0 N–H and O–H groups in total. The minimum absolute atomic E-state index is 0.475. The van der Waals surface area contributed by atoms with E-state index in [1.165, 1.54) is 58.0 Å². The largest absolute Gasteiger partial charge is 0.493 e. The van der Waals surface area contributed by atoms with Crippen molar-refractivity contribution in [3.63, 3.8) is 0 Å². The summed E-state index contributed by atoms with van der Waals surface area (Å²) in [6.07, 6.45) is 10.3. The van der Waals surface area contributed by atoms with Gasteiger partial charge in [-0.15, -0.1) is 0 Å². The molecule has 1 atom stereocenters. The summed E-state index contributed by atoms with van der Waals surface area (Å²) in [5, 5.41) is 5.67. The van der Waals surface area contributed by atoms with Gasteiger partial charge in [0.1, 0.15) is 5.75 Å². The standard InChI is InChI=1S/C26H39N3O3/c1-28(2)17-23-25(31-18-20-5-6-20)10-8-22-24(27-32-26(22)23)9-7-19-11-13-29(14-12-19)16-21-4-3-15-30-21/h8,10,19-21H,3-7,9,11-18H2,1-2H3. The van der Waals surface area contributed by atoms with Gasteiger partial charge in [-0.25, -0.2) is 0 Å². The van der Waals surface area contributed by atoms with E-state index in [2.05, 4.69) is 41.2 Å². The normalized spacial score (nSPS) is 22.9. The van der Waals surface area contributed by atoms with Crippen LogP contribution in [-0.2, 0) is 17.7 Å². The van der Waals surface area contributed by atoms with Crippen LogP contribution in [0, 0.1) is 11.8 Å². The molecule has 0 spiro atoms. The van der Waals surface area contributed by atoms with Crippen molar-refractivity contribution < 1.29 is 14.0 Å². The highest BCUT2D eigenvalue weighted by Gasteiger charge is 2.26. The highest BCUT2D eigenvalue weighted by Crippen LogP contribution is 2.35. The number of fused-ring (bicyclic) bond motifs is 1. The Bertz CT molecular complexity index is 878.